The van der Waals surface area contributed by atoms with Crippen molar-refractivity contribution >= 4 is 33.4 Å². The summed E-state index contributed by atoms with van der Waals surface area (Å²) in [7, 11) is -4.09. The normalized spacial score (nSPS) is 28.1. The number of hydrogen-bond donors (Lipinski definition) is 2. The molecule has 2 aromatic rings. The number of benzene rings is 2. The number of amides is 1. The van der Waals surface area contributed by atoms with Gasteiger partial charge in [-0.25, -0.2) is 4.72 Å². The Morgan fingerprint density at radius 2 is 1.95 bits per heavy atom. The van der Waals surface area contributed by atoms with Crippen LogP contribution < -0.4 is 14.4 Å². The Balaban J connectivity index is 1.54. The summed E-state index contributed by atoms with van der Waals surface area (Å²) < 4.78 is 36.4. The van der Waals surface area contributed by atoms with Crippen LogP contribution in [0.2, 0.25) is 5.02 Å². The van der Waals surface area contributed by atoms with E-state index in [1.54, 1.807) is 32.0 Å². The van der Waals surface area contributed by atoms with Crippen LogP contribution in [0.1, 0.15) is 67.4 Å². The molecule has 0 spiro atoms. The van der Waals surface area contributed by atoms with E-state index in [0.717, 1.165) is 49.9 Å². The maximum atomic E-state index is 13.3. The van der Waals surface area contributed by atoms with Crippen LogP contribution in [0.5, 0.6) is 5.75 Å². The first kappa shape index (κ1) is 29.9. The smallest absolute Gasteiger partial charge is 0.304 e. The molecule has 222 valence electrons. The van der Waals surface area contributed by atoms with Gasteiger partial charge in [-0.3, -0.25) is 4.79 Å². The molecule has 2 bridgehead atoms. The topological polar surface area (TPSA) is 99.2 Å². The summed E-state index contributed by atoms with van der Waals surface area (Å²) in [4.78, 5) is 15.6. The fourth-order valence-electron chi connectivity index (χ4n) is 6.26. The highest BCUT2D eigenvalue weighted by Gasteiger charge is 2.37. The molecule has 0 aromatic heterocycles. The minimum Gasteiger partial charge on any atom is -0.487 e. The number of aliphatic hydroxyl groups is 1. The van der Waals surface area contributed by atoms with Gasteiger partial charge in [0.05, 0.1) is 11.8 Å². The molecule has 0 unspecified atom stereocenters. The Labute approximate surface area is 248 Å². The van der Waals surface area contributed by atoms with Crippen molar-refractivity contribution in [3.8, 4) is 5.75 Å². The maximum Gasteiger partial charge on any atom is 0.304 e. The predicted molar refractivity (Wildman–Crippen MR) is 162 cm³/mol. The molecule has 1 amide bonds. The molecule has 1 fully saturated rings. The number of carbonyl (C=O) groups is 1. The average Bonchev–Trinajstić information content (AvgIpc) is 2.93. The molecule has 3 aliphatic rings. The lowest BCUT2D eigenvalue weighted by Gasteiger charge is -2.42. The van der Waals surface area contributed by atoms with Crippen LogP contribution in [0, 0.1) is 11.8 Å². The minimum absolute atomic E-state index is 0.126. The zero-order chi connectivity index (χ0) is 29.1. The molecule has 2 heterocycles. The predicted octanol–water partition coefficient (Wildman–Crippen LogP) is 5.09. The van der Waals surface area contributed by atoms with Gasteiger partial charge in [0.25, 0.3) is 5.91 Å². The monoisotopic (exact) mass is 601 g/mol. The summed E-state index contributed by atoms with van der Waals surface area (Å²) in [6, 6.07) is 10.6. The van der Waals surface area contributed by atoms with E-state index in [4.69, 9.17) is 16.3 Å². The van der Waals surface area contributed by atoms with Gasteiger partial charge in [-0.05, 0) is 98.7 Å². The zero-order valence-corrected chi connectivity index (χ0v) is 25.3. The third-order valence-corrected chi connectivity index (χ3v) is 10.7. The third kappa shape index (κ3) is 6.74. The highest BCUT2D eigenvalue weighted by atomic mass is 35.5. The fraction of sp³-hybridized carbons (Fsp3) is 0.516. The number of nitrogens with zero attached hydrogens (tertiary/aromatic N) is 2. The number of rotatable bonds is 1. The summed E-state index contributed by atoms with van der Waals surface area (Å²) in [6.07, 6.45) is 8.24. The van der Waals surface area contributed by atoms with E-state index in [1.165, 1.54) is 9.87 Å². The summed E-state index contributed by atoms with van der Waals surface area (Å²) in [5, 5.41) is 11.7. The molecule has 2 aliphatic heterocycles. The van der Waals surface area contributed by atoms with Gasteiger partial charge in [0.1, 0.15) is 12.4 Å². The van der Waals surface area contributed by atoms with Gasteiger partial charge in [-0.15, -0.1) is 0 Å². The van der Waals surface area contributed by atoms with Crippen LogP contribution in [-0.2, 0) is 23.2 Å². The molecule has 4 atom stereocenters. The summed E-state index contributed by atoms with van der Waals surface area (Å²) >= 11 is 6.30. The average molecular weight is 602 g/mol. The zero-order valence-electron chi connectivity index (χ0n) is 23.8. The lowest BCUT2D eigenvalue weighted by molar-refractivity contribution is 0.0461. The van der Waals surface area contributed by atoms with Gasteiger partial charge in [0.2, 0.25) is 0 Å². The first-order valence-electron chi connectivity index (χ1n) is 14.6. The Morgan fingerprint density at radius 1 is 1.12 bits per heavy atom. The number of nitrogens with one attached hydrogen (secondary N) is 1. The summed E-state index contributed by atoms with van der Waals surface area (Å²) in [5.74, 6) is 0.376. The number of halogens is 1. The molecule has 10 heteroatoms. The van der Waals surface area contributed by atoms with Crippen molar-refractivity contribution in [3.63, 3.8) is 0 Å². The summed E-state index contributed by atoms with van der Waals surface area (Å²) in [6.45, 7) is 5.58. The molecule has 8 nitrogen and oxygen atoms in total. The number of hydrogen-bond acceptors (Lipinski definition) is 6. The Morgan fingerprint density at radius 3 is 2.71 bits per heavy atom. The highest BCUT2D eigenvalue weighted by molar-refractivity contribution is 7.87. The lowest BCUT2D eigenvalue weighted by Crippen LogP contribution is -2.47. The number of aryl methyl sites for hydroxylation is 1. The largest absolute Gasteiger partial charge is 0.487 e. The fourth-order valence-corrected chi connectivity index (χ4v) is 7.83. The van der Waals surface area contributed by atoms with E-state index in [9.17, 15) is 18.3 Å². The number of carbonyl (C=O) groups excluding carboxylic acids is 1. The second-order valence-corrected chi connectivity index (χ2v) is 13.5. The van der Waals surface area contributed by atoms with E-state index in [2.05, 4.69) is 9.62 Å². The van der Waals surface area contributed by atoms with E-state index in [-0.39, 0.29) is 24.1 Å². The van der Waals surface area contributed by atoms with Crippen molar-refractivity contribution in [3.05, 3.63) is 70.3 Å². The number of ether oxygens (including phenoxy) is 1. The van der Waals surface area contributed by atoms with E-state index in [0.29, 0.717) is 36.3 Å². The molecular formula is C31H40ClN3O5S. The van der Waals surface area contributed by atoms with Gasteiger partial charge in [0, 0.05) is 36.3 Å². The van der Waals surface area contributed by atoms with Gasteiger partial charge < -0.3 is 14.7 Å². The molecule has 2 aromatic carbocycles. The number of aliphatic hydroxyl groups excluding tert-OH is 1. The van der Waals surface area contributed by atoms with Crippen molar-refractivity contribution in [1.29, 1.82) is 0 Å². The standard InChI is InChI=1S/C31H40ClN3O5S/c1-3-35-21(2)7-6-9-29(36)27-14-11-24(27)19-34-16-5-4-8-22-17-26(32)13-10-25(22)20-40-30-15-12-23(18-28(30)34)31(37)33-41(35,38)39/h6,9-10,12-13,15,17-18,21,24,27,29,36H,3-5,7-8,11,14,16,19-20H2,1-2H3,(H,33,37)/b9-6-/t21-,24+,27-,29+/m1/s1. The molecule has 1 saturated carbocycles. The molecule has 2 N–H and O–H groups in total. The Bertz CT molecular complexity index is 1400. The molecule has 5 rings (SSSR count). The third-order valence-electron chi connectivity index (χ3n) is 8.75. The lowest BCUT2D eigenvalue weighted by atomic mass is 9.70. The van der Waals surface area contributed by atoms with Gasteiger partial charge >= 0.3 is 10.2 Å². The van der Waals surface area contributed by atoms with E-state index < -0.39 is 22.2 Å². The van der Waals surface area contributed by atoms with Crippen LogP contribution in [-0.4, -0.2) is 55.5 Å². The maximum absolute atomic E-state index is 13.3. The van der Waals surface area contributed by atoms with Crippen LogP contribution in [0.25, 0.3) is 0 Å². The van der Waals surface area contributed by atoms with Crippen molar-refractivity contribution in [2.45, 2.75) is 71.1 Å². The Hall–Kier alpha value is -2.59. The molecule has 0 saturated heterocycles. The summed E-state index contributed by atoms with van der Waals surface area (Å²) in [5.41, 5.74) is 3.25. The van der Waals surface area contributed by atoms with Gasteiger partial charge in [-0.1, -0.05) is 36.7 Å². The second kappa shape index (κ2) is 12.7. The molecule has 1 aliphatic carbocycles. The quantitative estimate of drug-likeness (QED) is 0.442. The van der Waals surface area contributed by atoms with Crippen molar-refractivity contribution in [2.75, 3.05) is 24.5 Å². The molecular weight excluding hydrogens is 562 g/mol. The van der Waals surface area contributed by atoms with Crippen LogP contribution in [0.15, 0.2) is 48.6 Å². The first-order chi connectivity index (χ1) is 19.7. The van der Waals surface area contributed by atoms with Crippen LogP contribution in [0.4, 0.5) is 5.69 Å². The highest BCUT2D eigenvalue weighted by Crippen LogP contribution is 2.41. The van der Waals surface area contributed by atoms with Crippen molar-refractivity contribution in [2.24, 2.45) is 11.8 Å². The van der Waals surface area contributed by atoms with E-state index >= 15 is 0 Å². The van der Waals surface area contributed by atoms with Crippen molar-refractivity contribution < 1.29 is 23.1 Å². The van der Waals surface area contributed by atoms with Crippen molar-refractivity contribution in [1.82, 2.24) is 9.03 Å². The molecule has 0 radical (unpaired) electrons. The number of fused-ring (bicyclic) bond motifs is 3. The Kier molecular flexibility index (Phi) is 9.28. The van der Waals surface area contributed by atoms with Crippen LogP contribution >= 0.6 is 11.6 Å². The minimum atomic E-state index is -4.09. The second-order valence-electron chi connectivity index (χ2n) is 11.4. The number of anilines is 1. The van der Waals surface area contributed by atoms with E-state index in [1.807, 2.05) is 30.4 Å². The van der Waals surface area contributed by atoms with Crippen LogP contribution in [0.3, 0.4) is 0 Å². The SMILES string of the molecule is CCN1[C@H](C)C/C=C\[C@H](O)[C@@H]2CC[C@H]2CN2CCCCc3cc(Cl)ccc3COc3ccc(cc32)C(=O)NS1(=O)=O. The molecule has 41 heavy (non-hydrogen) atoms. The first-order valence-corrected chi connectivity index (χ1v) is 16.5. The van der Waals surface area contributed by atoms with Gasteiger partial charge in [0.15, 0.2) is 0 Å². The van der Waals surface area contributed by atoms with Gasteiger partial charge in [-0.2, -0.15) is 12.7 Å².